The molecule has 0 atom stereocenters. The highest BCUT2D eigenvalue weighted by molar-refractivity contribution is 7.90. The molecule has 0 unspecified atom stereocenters. The van der Waals surface area contributed by atoms with Crippen molar-refractivity contribution in [1.82, 2.24) is 9.55 Å². The molecule has 2 rings (SSSR count). The average Bonchev–Trinajstić information content (AvgIpc) is 2.67. The van der Waals surface area contributed by atoms with E-state index in [-0.39, 0.29) is 5.75 Å². The van der Waals surface area contributed by atoms with E-state index in [0.29, 0.717) is 12.5 Å². The standard InChI is InChI=1S/C13H17N3O2S/c1-11-10-16(8-9-19(2,17)18)13(14-11)15-12-6-4-3-5-7-12/h3-7,10H,8-9H2,1-2H3,(H,14,15). The summed E-state index contributed by atoms with van der Waals surface area (Å²) in [7, 11) is -2.98. The van der Waals surface area contributed by atoms with Crippen LogP contribution in [0.2, 0.25) is 0 Å². The molecular weight excluding hydrogens is 262 g/mol. The summed E-state index contributed by atoms with van der Waals surface area (Å²) in [6.45, 7) is 2.28. The Labute approximate surface area is 113 Å². The number of para-hydroxylation sites is 1. The van der Waals surface area contributed by atoms with Gasteiger partial charge >= 0.3 is 0 Å². The van der Waals surface area contributed by atoms with E-state index in [2.05, 4.69) is 10.3 Å². The Hall–Kier alpha value is -1.82. The van der Waals surface area contributed by atoms with Crippen LogP contribution in [0, 0.1) is 6.92 Å². The molecule has 0 spiro atoms. The van der Waals surface area contributed by atoms with Gasteiger partial charge in [-0.15, -0.1) is 0 Å². The maximum Gasteiger partial charge on any atom is 0.207 e. The van der Waals surface area contributed by atoms with Crippen molar-refractivity contribution in [2.75, 3.05) is 17.3 Å². The van der Waals surface area contributed by atoms with Crippen LogP contribution in [0.25, 0.3) is 0 Å². The SMILES string of the molecule is Cc1cn(CCS(C)(=O)=O)c(Nc2ccccc2)n1. The molecule has 1 N–H and O–H groups in total. The molecular formula is C13H17N3O2S. The van der Waals surface area contributed by atoms with Crippen LogP contribution in [0.3, 0.4) is 0 Å². The van der Waals surface area contributed by atoms with Gasteiger partial charge in [0.2, 0.25) is 5.95 Å². The molecule has 0 saturated heterocycles. The lowest BCUT2D eigenvalue weighted by Gasteiger charge is -2.09. The van der Waals surface area contributed by atoms with Crippen molar-refractivity contribution < 1.29 is 8.42 Å². The third-order valence-corrected chi connectivity index (χ3v) is 3.55. The monoisotopic (exact) mass is 279 g/mol. The first-order valence-electron chi connectivity index (χ1n) is 5.97. The summed E-state index contributed by atoms with van der Waals surface area (Å²) in [6.07, 6.45) is 3.08. The lowest BCUT2D eigenvalue weighted by Crippen LogP contribution is -2.12. The van der Waals surface area contributed by atoms with Crippen molar-refractivity contribution in [3.63, 3.8) is 0 Å². The second-order valence-electron chi connectivity index (χ2n) is 4.52. The van der Waals surface area contributed by atoms with Crippen LogP contribution in [0.4, 0.5) is 11.6 Å². The number of aryl methyl sites for hydroxylation is 2. The number of hydrogen-bond acceptors (Lipinski definition) is 4. The quantitative estimate of drug-likeness (QED) is 0.909. The molecule has 19 heavy (non-hydrogen) atoms. The number of anilines is 2. The van der Waals surface area contributed by atoms with E-state index in [4.69, 9.17) is 0 Å². The third-order valence-electron chi connectivity index (χ3n) is 2.63. The van der Waals surface area contributed by atoms with E-state index >= 15 is 0 Å². The Balaban J connectivity index is 2.17. The second-order valence-corrected chi connectivity index (χ2v) is 6.78. The zero-order chi connectivity index (χ0) is 13.9. The van der Waals surface area contributed by atoms with Crippen molar-refractivity contribution in [2.24, 2.45) is 0 Å². The van der Waals surface area contributed by atoms with Gasteiger partial charge in [0.25, 0.3) is 0 Å². The van der Waals surface area contributed by atoms with E-state index in [1.807, 2.05) is 48.0 Å². The van der Waals surface area contributed by atoms with Gasteiger partial charge in [-0.1, -0.05) is 18.2 Å². The van der Waals surface area contributed by atoms with Gasteiger partial charge in [-0.25, -0.2) is 13.4 Å². The minimum absolute atomic E-state index is 0.103. The summed E-state index contributed by atoms with van der Waals surface area (Å²) in [5, 5.41) is 3.19. The van der Waals surface area contributed by atoms with E-state index in [1.54, 1.807) is 0 Å². The van der Waals surface area contributed by atoms with Gasteiger partial charge in [0, 0.05) is 24.7 Å². The molecule has 0 bridgehead atoms. The Morgan fingerprint density at radius 3 is 2.58 bits per heavy atom. The van der Waals surface area contributed by atoms with Crippen molar-refractivity contribution >= 4 is 21.5 Å². The van der Waals surface area contributed by atoms with Crippen molar-refractivity contribution in [1.29, 1.82) is 0 Å². The minimum Gasteiger partial charge on any atom is -0.326 e. The first kappa shape index (κ1) is 13.6. The highest BCUT2D eigenvalue weighted by atomic mass is 32.2. The number of rotatable bonds is 5. The Kier molecular flexibility index (Phi) is 3.90. The molecule has 6 heteroatoms. The molecule has 0 aliphatic rings. The predicted octanol–water partition coefficient (Wildman–Crippen LogP) is 1.98. The van der Waals surface area contributed by atoms with Gasteiger partial charge in [-0.05, 0) is 19.1 Å². The number of benzene rings is 1. The van der Waals surface area contributed by atoms with Gasteiger partial charge in [-0.3, -0.25) is 0 Å². The fourth-order valence-corrected chi connectivity index (χ4v) is 2.26. The second kappa shape index (κ2) is 5.44. The third kappa shape index (κ3) is 4.10. The summed E-state index contributed by atoms with van der Waals surface area (Å²) < 4.78 is 24.3. The highest BCUT2D eigenvalue weighted by Crippen LogP contribution is 2.16. The van der Waals surface area contributed by atoms with E-state index < -0.39 is 9.84 Å². The smallest absolute Gasteiger partial charge is 0.207 e. The molecule has 0 saturated carbocycles. The molecule has 0 radical (unpaired) electrons. The lowest BCUT2D eigenvalue weighted by atomic mass is 10.3. The summed E-state index contributed by atoms with van der Waals surface area (Å²) >= 11 is 0. The van der Waals surface area contributed by atoms with Crippen molar-refractivity contribution in [3.8, 4) is 0 Å². The Morgan fingerprint density at radius 2 is 1.95 bits per heavy atom. The van der Waals surface area contributed by atoms with E-state index in [9.17, 15) is 8.42 Å². The fraction of sp³-hybridized carbons (Fsp3) is 0.308. The molecule has 0 fully saturated rings. The Morgan fingerprint density at radius 1 is 1.26 bits per heavy atom. The number of aromatic nitrogens is 2. The van der Waals surface area contributed by atoms with Gasteiger partial charge in [0.1, 0.15) is 9.84 Å². The normalized spacial score (nSPS) is 11.5. The summed E-state index contributed by atoms with van der Waals surface area (Å²) in [6, 6.07) is 9.67. The average molecular weight is 279 g/mol. The topological polar surface area (TPSA) is 64.0 Å². The summed E-state index contributed by atoms with van der Waals surface area (Å²) in [5.74, 6) is 0.763. The first-order chi connectivity index (χ1) is 8.94. The Bertz CT molecular complexity index is 648. The van der Waals surface area contributed by atoms with Gasteiger partial charge < -0.3 is 9.88 Å². The van der Waals surface area contributed by atoms with Crippen molar-refractivity contribution in [2.45, 2.75) is 13.5 Å². The summed E-state index contributed by atoms with van der Waals surface area (Å²) in [4.78, 5) is 4.36. The van der Waals surface area contributed by atoms with Crippen LogP contribution < -0.4 is 5.32 Å². The zero-order valence-electron chi connectivity index (χ0n) is 11.0. The number of nitrogens with zero attached hydrogens (tertiary/aromatic N) is 2. The maximum atomic E-state index is 11.2. The van der Waals surface area contributed by atoms with E-state index in [0.717, 1.165) is 11.4 Å². The van der Waals surface area contributed by atoms with Crippen LogP contribution in [-0.2, 0) is 16.4 Å². The fourth-order valence-electron chi connectivity index (χ4n) is 1.73. The number of nitrogens with one attached hydrogen (secondary N) is 1. The predicted molar refractivity (Wildman–Crippen MR) is 76.4 cm³/mol. The van der Waals surface area contributed by atoms with E-state index in [1.165, 1.54) is 6.26 Å². The molecule has 0 aliphatic carbocycles. The molecule has 0 aliphatic heterocycles. The highest BCUT2D eigenvalue weighted by Gasteiger charge is 2.09. The minimum atomic E-state index is -2.98. The molecule has 1 heterocycles. The molecule has 1 aromatic carbocycles. The molecule has 1 aromatic heterocycles. The largest absolute Gasteiger partial charge is 0.326 e. The van der Waals surface area contributed by atoms with Gasteiger partial charge in [0.05, 0.1) is 11.4 Å². The molecule has 5 nitrogen and oxygen atoms in total. The first-order valence-corrected chi connectivity index (χ1v) is 8.04. The number of sulfone groups is 1. The number of hydrogen-bond donors (Lipinski definition) is 1. The van der Waals surface area contributed by atoms with Gasteiger partial charge in [0.15, 0.2) is 0 Å². The van der Waals surface area contributed by atoms with Crippen molar-refractivity contribution in [3.05, 3.63) is 42.2 Å². The van der Waals surface area contributed by atoms with Crippen LogP contribution in [0.15, 0.2) is 36.5 Å². The van der Waals surface area contributed by atoms with Crippen LogP contribution >= 0.6 is 0 Å². The summed E-state index contributed by atoms with van der Waals surface area (Å²) in [5.41, 5.74) is 1.78. The molecule has 0 amide bonds. The zero-order valence-corrected chi connectivity index (χ0v) is 11.8. The van der Waals surface area contributed by atoms with Crippen LogP contribution in [0.5, 0.6) is 0 Å². The maximum absolute atomic E-state index is 11.2. The van der Waals surface area contributed by atoms with Gasteiger partial charge in [-0.2, -0.15) is 0 Å². The molecule has 2 aromatic rings. The number of imidazole rings is 1. The molecule has 102 valence electrons. The lowest BCUT2D eigenvalue weighted by molar-refractivity contribution is 0.595. The van der Waals surface area contributed by atoms with Crippen LogP contribution in [-0.4, -0.2) is 30.0 Å². The van der Waals surface area contributed by atoms with Crippen LogP contribution in [0.1, 0.15) is 5.69 Å².